The number of nitrogens with one attached hydrogen (secondary N) is 1. The van der Waals surface area contributed by atoms with Gasteiger partial charge in [-0.25, -0.2) is 0 Å². The lowest BCUT2D eigenvalue weighted by atomic mass is 10.0. The number of aryl methyl sites for hydroxylation is 1. The maximum absolute atomic E-state index is 12.5. The first-order chi connectivity index (χ1) is 12.2. The van der Waals surface area contributed by atoms with E-state index in [-0.39, 0.29) is 18.1 Å². The number of fused-ring (bicyclic) bond motifs is 1. The number of carbonyl (C=O) groups excluding carboxylic acids is 1. The molecule has 2 aliphatic rings. The van der Waals surface area contributed by atoms with Crippen LogP contribution in [0.3, 0.4) is 0 Å². The van der Waals surface area contributed by atoms with Gasteiger partial charge in [0.05, 0.1) is 23.9 Å². The van der Waals surface area contributed by atoms with E-state index >= 15 is 0 Å². The molecule has 7 heteroatoms. The Morgan fingerprint density at radius 3 is 3.00 bits per heavy atom. The Morgan fingerprint density at radius 2 is 2.24 bits per heavy atom. The van der Waals surface area contributed by atoms with E-state index in [0.29, 0.717) is 11.6 Å². The Kier molecular flexibility index (Phi) is 4.50. The summed E-state index contributed by atoms with van der Waals surface area (Å²) < 4.78 is 7.67. The van der Waals surface area contributed by atoms with Crippen LogP contribution in [0.25, 0.3) is 0 Å². The van der Waals surface area contributed by atoms with E-state index in [1.54, 1.807) is 17.1 Å². The second kappa shape index (κ2) is 6.93. The van der Waals surface area contributed by atoms with Crippen LogP contribution in [0.4, 0.5) is 0 Å². The molecule has 0 unspecified atom stereocenters. The highest BCUT2D eigenvalue weighted by atomic mass is 16.5. The number of rotatable bonds is 4. The second-order valence-corrected chi connectivity index (χ2v) is 6.81. The molecule has 2 fully saturated rings. The molecule has 1 N–H and O–H groups in total. The quantitative estimate of drug-likeness (QED) is 0.897. The van der Waals surface area contributed by atoms with E-state index in [1.807, 2.05) is 31.6 Å². The SMILES string of the molecule is Cn1cc(C(=O)N[C@@H]2CN(Cc3ccncc3)[C@@H]3CCCO[C@@H]32)cn1. The first-order valence-corrected chi connectivity index (χ1v) is 8.75. The average molecular weight is 341 g/mol. The normalized spacial score (nSPS) is 26.4. The lowest BCUT2D eigenvalue weighted by Crippen LogP contribution is -2.47. The third-order valence-corrected chi connectivity index (χ3v) is 5.05. The zero-order valence-electron chi connectivity index (χ0n) is 14.3. The summed E-state index contributed by atoms with van der Waals surface area (Å²) in [7, 11) is 1.81. The van der Waals surface area contributed by atoms with Gasteiger partial charge in [-0.3, -0.25) is 19.4 Å². The summed E-state index contributed by atoms with van der Waals surface area (Å²) in [6, 6.07) is 4.43. The summed E-state index contributed by atoms with van der Waals surface area (Å²) in [4.78, 5) is 19.0. The molecule has 0 aromatic carbocycles. The van der Waals surface area contributed by atoms with Gasteiger partial charge in [0.2, 0.25) is 0 Å². The number of carbonyl (C=O) groups is 1. The van der Waals surface area contributed by atoms with Gasteiger partial charge in [-0.15, -0.1) is 0 Å². The molecule has 1 amide bonds. The van der Waals surface area contributed by atoms with Crippen LogP contribution in [-0.4, -0.2) is 56.9 Å². The standard InChI is InChI=1S/C18H23N5O2/c1-22-11-14(9-20-22)18(24)21-15-12-23(10-13-4-6-19-7-5-13)16-3-2-8-25-17(15)16/h4-7,9,11,15-17H,2-3,8,10,12H2,1H3,(H,21,24)/t15-,16-,17-/m1/s1. The number of likely N-dealkylation sites (tertiary alicyclic amines) is 1. The van der Waals surface area contributed by atoms with Crippen LogP contribution in [0, 0.1) is 0 Å². The van der Waals surface area contributed by atoms with Gasteiger partial charge in [-0.1, -0.05) is 0 Å². The molecule has 132 valence electrons. The van der Waals surface area contributed by atoms with Crippen molar-refractivity contribution in [3.8, 4) is 0 Å². The summed E-state index contributed by atoms with van der Waals surface area (Å²) in [5, 5.41) is 7.22. The number of nitrogens with zero attached hydrogens (tertiary/aromatic N) is 4. The van der Waals surface area contributed by atoms with Crippen molar-refractivity contribution in [2.24, 2.45) is 7.05 Å². The fourth-order valence-electron chi connectivity index (χ4n) is 3.88. The minimum Gasteiger partial charge on any atom is -0.374 e. The van der Waals surface area contributed by atoms with Crippen molar-refractivity contribution in [2.45, 2.75) is 37.6 Å². The molecule has 0 bridgehead atoms. The minimum absolute atomic E-state index is 0.000145. The van der Waals surface area contributed by atoms with Gasteiger partial charge in [-0.2, -0.15) is 5.10 Å². The van der Waals surface area contributed by atoms with E-state index < -0.39 is 0 Å². The van der Waals surface area contributed by atoms with E-state index in [9.17, 15) is 4.79 Å². The molecule has 7 nitrogen and oxygen atoms in total. The summed E-state index contributed by atoms with van der Waals surface area (Å²) >= 11 is 0. The molecule has 0 radical (unpaired) electrons. The lowest BCUT2D eigenvalue weighted by molar-refractivity contribution is -0.0211. The van der Waals surface area contributed by atoms with E-state index in [4.69, 9.17) is 4.74 Å². The number of hydrogen-bond acceptors (Lipinski definition) is 5. The van der Waals surface area contributed by atoms with Crippen LogP contribution in [0.1, 0.15) is 28.8 Å². The molecule has 25 heavy (non-hydrogen) atoms. The van der Waals surface area contributed by atoms with E-state index in [1.165, 1.54) is 5.56 Å². The lowest BCUT2D eigenvalue weighted by Gasteiger charge is -2.32. The fourth-order valence-corrected chi connectivity index (χ4v) is 3.88. The highest BCUT2D eigenvalue weighted by Crippen LogP contribution is 2.30. The number of hydrogen-bond donors (Lipinski definition) is 1. The van der Waals surface area contributed by atoms with Crippen molar-refractivity contribution in [2.75, 3.05) is 13.2 Å². The number of pyridine rings is 1. The molecule has 0 saturated carbocycles. The van der Waals surface area contributed by atoms with Gasteiger partial charge < -0.3 is 10.1 Å². The van der Waals surface area contributed by atoms with Crippen molar-refractivity contribution in [3.05, 3.63) is 48.0 Å². The summed E-state index contributed by atoms with van der Waals surface area (Å²) in [6.07, 6.45) is 9.20. The molecular formula is C18H23N5O2. The first kappa shape index (κ1) is 16.2. The maximum Gasteiger partial charge on any atom is 0.254 e. The molecule has 0 spiro atoms. The van der Waals surface area contributed by atoms with Crippen molar-refractivity contribution in [1.29, 1.82) is 0 Å². The molecule has 2 aromatic heterocycles. The van der Waals surface area contributed by atoms with Gasteiger partial charge in [0.25, 0.3) is 5.91 Å². The highest BCUT2D eigenvalue weighted by molar-refractivity contribution is 5.93. The Balaban J connectivity index is 1.47. The number of aromatic nitrogens is 3. The molecule has 2 saturated heterocycles. The molecule has 2 aliphatic heterocycles. The zero-order chi connectivity index (χ0) is 17.2. The summed E-state index contributed by atoms with van der Waals surface area (Å²) in [6.45, 7) is 2.42. The Hall–Kier alpha value is -2.25. The van der Waals surface area contributed by atoms with Crippen LogP contribution < -0.4 is 5.32 Å². The predicted molar refractivity (Wildman–Crippen MR) is 91.9 cm³/mol. The fraction of sp³-hybridized carbons (Fsp3) is 0.500. The van der Waals surface area contributed by atoms with Crippen molar-refractivity contribution < 1.29 is 9.53 Å². The van der Waals surface area contributed by atoms with Crippen LogP contribution in [0.5, 0.6) is 0 Å². The Labute approximate surface area is 147 Å². The smallest absolute Gasteiger partial charge is 0.254 e. The number of amides is 1. The largest absolute Gasteiger partial charge is 0.374 e. The first-order valence-electron chi connectivity index (χ1n) is 8.75. The number of ether oxygens (including phenoxy) is 1. The molecule has 4 rings (SSSR count). The van der Waals surface area contributed by atoms with Crippen LogP contribution in [-0.2, 0) is 18.3 Å². The highest BCUT2D eigenvalue weighted by Gasteiger charge is 2.44. The zero-order valence-corrected chi connectivity index (χ0v) is 14.3. The van der Waals surface area contributed by atoms with Gasteiger partial charge in [0.15, 0.2) is 0 Å². The Morgan fingerprint density at radius 1 is 1.40 bits per heavy atom. The Bertz CT molecular complexity index is 732. The van der Waals surface area contributed by atoms with E-state index in [2.05, 4.69) is 20.3 Å². The van der Waals surface area contributed by atoms with Crippen molar-refractivity contribution >= 4 is 5.91 Å². The molecule has 3 atom stereocenters. The van der Waals surface area contributed by atoms with Gasteiger partial charge in [0.1, 0.15) is 0 Å². The van der Waals surface area contributed by atoms with Crippen LogP contribution >= 0.6 is 0 Å². The van der Waals surface area contributed by atoms with Crippen molar-refractivity contribution in [1.82, 2.24) is 25.0 Å². The minimum atomic E-state index is -0.0863. The van der Waals surface area contributed by atoms with Crippen molar-refractivity contribution in [3.63, 3.8) is 0 Å². The average Bonchev–Trinajstić information content (AvgIpc) is 3.21. The third kappa shape index (κ3) is 3.43. The summed E-state index contributed by atoms with van der Waals surface area (Å²) in [5.74, 6) is -0.0863. The topological polar surface area (TPSA) is 72.3 Å². The predicted octanol–water partition coefficient (Wildman–Crippen LogP) is 0.977. The molecule has 0 aliphatic carbocycles. The van der Waals surface area contributed by atoms with Gasteiger partial charge >= 0.3 is 0 Å². The second-order valence-electron chi connectivity index (χ2n) is 6.81. The molecule has 4 heterocycles. The third-order valence-electron chi connectivity index (χ3n) is 5.05. The van der Waals surface area contributed by atoms with Gasteiger partial charge in [0, 0.05) is 51.4 Å². The van der Waals surface area contributed by atoms with Crippen LogP contribution in [0.15, 0.2) is 36.9 Å². The maximum atomic E-state index is 12.5. The summed E-state index contributed by atoms with van der Waals surface area (Å²) in [5.41, 5.74) is 1.82. The van der Waals surface area contributed by atoms with E-state index in [0.717, 1.165) is 32.5 Å². The van der Waals surface area contributed by atoms with Crippen LogP contribution in [0.2, 0.25) is 0 Å². The van der Waals surface area contributed by atoms with Gasteiger partial charge in [-0.05, 0) is 30.5 Å². The monoisotopic (exact) mass is 341 g/mol. The molecular weight excluding hydrogens is 318 g/mol. The molecule has 2 aromatic rings.